The summed E-state index contributed by atoms with van der Waals surface area (Å²) < 4.78 is 19.5. The van der Waals surface area contributed by atoms with Crippen molar-refractivity contribution >= 4 is 52.4 Å². The van der Waals surface area contributed by atoms with Gasteiger partial charge in [-0.1, -0.05) is 40.9 Å². The number of nitrogens with zero attached hydrogens (tertiary/aromatic N) is 2. The zero-order valence-electron chi connectivity index (χ0n) is 16.2. The maximum atomic E-state index is 13.8. The normalized spacial score (nSPS) is 12.9. The van der Waals surface area contributed by atoms with Gasteiger partial charge >= 0.3 is 6.03 Å². The molecule has 0 aliphatic heterocycles. The van der Waals surface area contributed by atoms with Crippen molar-refractivity contribution in [2.24, 2.45) is 0 Å². The third kappa shape index (κ3) is 5.09. The standard InChI is InChI=1S/C21H14Cl3FN4O3/c22-13-2-1-3-16(25)17(13)20(30)29-21(31)28-11-6-14(23)18(15(24)7-11)32-12-8-26-19(27-9-12)10-4-5-10/h1-3,6-10H,4-5H2,(H2,28,29,30,31). The fraction of sp³-hybridized carbons (Fsp3) is 0.143. The van der Waals surface area contributed by atoms with Crippen molar-refractivity contribution in [3.63, 3.8) is 0 Å². The lowest BCUT2D eigenvalue weighted by Gasteiger charge is -2.13. The quantitative estimate of drug-likeness (QED) is 0.439. The van der Waals surface area contributed by atoms with Gasteiger partial charge in [-0.15, -0.1) is 0 Å². The summed E-state index contributed by atoms with van der Waals surface area (Å²) in [4.78, 5) is 32.9. The minimum Gasteiger partial charge on any atom is -0.451 e. The number of benzene rings is 2. The first-order valence-corrected chi connectivity index (χ1v) is 10.5. The molecular formula is C21H14Cl3FN4O3. The van der Waals surface area contributed by atoms with Gasteiger partial charge in [0.2, 0.25) is 0 Å². The monoisotopic (exact) mass is 494 g/mol. The number of halogens is 4. The molecule has 0 bridgehead atoms. The number of amides is 3. The number of imide groups is 1. The minimum absolute atomic E-state index is 0.0996. The van der Waals surface area contributed by atoms with E-state index in [9.17, 15) is 14.0 Å². The first-order chi connectivity index (χ1) is 15.3. The van der Waals surface area contributed by atoms with Crippen molar-refractivity contribution in [2.45, 2.75) is 18.8 Å². The van der Waals surface area contributed by atoms with Crippen molar-refractivity contribution < 1.29 is 18.7 Å². The largest absolute Gasteiger partial charge is 0.451 e. The fourth-order valence-corrected chi connectivity index (χ4v) is 3.63. The summed E-state index contributed by atoms with van der Waals surface area (Å²) >= 11 is 18.3. The highest BCUT2D eigenvalue weighted by Crippen LogP contribution is 2.40. The molecule has 0 spiro atoms. The van der Waals surface area contributed by atoms with Crippen LogP contribution in [0.4, 0.5) is 14.9 Å². The summed E-state index contributed by atoms with van der Waals surface area (Å²) in [6, 6.07) is 5.56. The van der Waals surface area contributed by atoms with Crippen LogP contribution in [0.1, 0.15) is 34.9 Å². The average Bonchev–Trinajstić information content (AvgIpc) is 3.56. The second-order valence-electron chi connectivity index (χ2n) is 6.93. The van der Waals surface area contributed by atoms with Crippen molar-refractivity contribution in [1.29, 1.82) is 0 Å². The van der Waals surface area contributed by atoms with Crippen molar-refractivity contribution in [2.75, 3.05) is 5.32 Å². The summed E-state index contributed by atoms with van der Waals surface area (Å²) in [5.41, 5.74) is -0.267. The van der Waals surface area contributed by atoms with E-state index in [1.54, 1.807) is 0 Å². The number of hydrogen-bond donors (Lipinski definition) is 2. The smallest absolute Gasteiger partial charge is 0.326 e. The molecule has 0 saturated heterocycles. The number of nitrogens with one attached hydrogen (secondary N) is 2. The number of carbonyl (C=O) groups excluding carboxylic acids is 2. The molecule has 3 aromatic rings. The van der Waals surface area contributed by atoms with Gasteiger partial charge in [-0.3, -0.25) is 10.1 Å². The number of rotatable bonds is 5. The van der Waals surface area contributed by atoms with Crippen LogP contribution in [0.3, 0.4) is 0 Å². The third-order valence-corrected chi connectivity index (χ3v) is 5.36. The van der Waals surface area contributed by atoms with Crippen LogP contribution in [0, 0.1) is 5.82 Å². The maximum Gasteiger partial charge on any atom is 0.326 e. The number of hydrogen-bond acceptors (Lipinski definition) is 5. The van der Waals surface area contributed by atoms with E-state index in [1.165, 1.54) is 36.7 Å². The molecule has 3 amide bonds. The predicted octanol–water partition coefficient (Wildman–Crippen LogP) is 6.21. The van der Waals surface area contributed by atoms with E-state index in [2.05, 4.69) is 15.3 Å². The highest BCUT2D eigenvalue weighted by Gasteiger charge is 2.26. The van der Waals surface area contributed by atoms with E-state index in [4.69, 9.17) is 39.5 Å². The molecule has 32 heavy (non-hydrogen) atoms. The molecule has 1 saturated carbocycles. The second kappa shape index (κ2) is 9.28. The van der Waals surface area contributed by atoms with Crippen LogP contribution in [0.5, 0.6) is 11.5 Å². The van der Waals surface area contributed by atoms with E-state index >= 15 is 0 Å². The second-order valence-corrected chi connectivity index (χ2v) is 8.15. The van der Waals surface area contributed by atoms with Crippen molar-refractivity contribution in [3.05, 3.63) is 75.0 Å². The van der Waals surface area contributed by atoms with Crippen molar-refractivity contribution in [1.82, 2.24) is 15.3 Å². The Labute approximate surface area is 196 Å². The van der Waals surface area contributed by atoms with E-state index in [1.807, 2.05) is 5.32 Å². The number of aromatic nitrogens is 2. The van der Waals surface area contributed by atoms with Gasteiger partial charge in [0.1, 0.15) is 11.6 Å². The van der Waals surface area contributed by atoms with Gasteiger partial charge in [0.15, 0.2) is 11.5 Å². The predicted molar refractivity (Wildman–Crippen MR) is 118 cm³/mol. The molecule has 1 aliphatic rings. The van der Waals surface area contributed by atoms with E-state index in [-0.39, 0.29) is 26.5 Å². The highest BCUT2D eigenvalue weighted by atomic mass is 35.5. The van der Waals surface area contributed by atoms with Crippen LogP contribution >= 0.6 is 34.8 Å². The Morgan fingerprint density at radius 2 is 1.69 bits per heavy atom. The Morgan fingerprint density at radius 1 is 1.03 bits per heavy atom. The van der Waals surface area contributed by atoms with Crippen LogP contribution < -0.4 is 15.4 Å². The molecule has 1 aromatic heterocycles. The molecule has 0 atom stereocenters. The van der Waals surface area contributed by atoms with E-state index in [0.717, 1.165) is 24.7 Å². The molecule has 11 heteroatoms. The first kappa shape index (κ1) is 22.3. The first-order valence-electron chi connectivity index (χ1n) is 9.37. The Morgan fingerprint density at radius 3 is 2.28 bits per heavy atom. The Hall–Kier alpha value is -2.94. The summed E-state index contributed by atoms with van der Waals surface area (Å²) in [7, 11) is 0. The summed E-state index contributed by atoms with van der Waals surface area (Å²) in [6.45, 7) is 0. The van der Waals surface area contributed by atoms with Gasteiger partial charge < -0.3 is 10.1 Å². The molecule has 0 unspecified atom stereocenters. The summed E-state index contributed by atoms with van der Waals surface area (Å²) in [5, 5.41) is 4.46. The van der Waals surface area contributed by atoms with Crippen molar-refractivity contribution in [3.8, 4) is 11.5 Å². The highest BCUT2D eigenvalue weighted by molar-refractivity contribution is 6.38. The Kier molecular flexibility index (Phi) is 6.45. The molecule has 1 fully saturated rings. The number of anilines is 1. The Balaban J connectivity index is 1.43. The van der Waals surface area contributed by atoms with Crippen LogP contribution in [0.15, 0.2) is 42.7 Å². The molecule has 2 N–H and O–H groups in total. The molecule has 164 valence electrons. The average molecular weight is 496 g/mol. The van der Waals surface area contributed by atoms with Gasteiger partial charge in [-0.05, 0) is 37.1 Å². The SMILES string of the molecule is O=C(NC(=O)c1c(F)cccc1Cl)Nc1cc(Cl)c(Oc2cnc(C3CC3)nc2)c(Cl)c1. The zero-order chi connectivity index (χ0) is 22.8. The molecular weight excluding hydrogens is 482 g/mol. The van der Waals surface area contributed by atoms with Gasteiger partial charge in [-0.2, -0.15) is 0 Å². The van der Waals surface area contributed by atoms with Crippen LogP contribution in [-0.4, -0.2) is 21.9 Å². The minimum atomic E-state index is -1.00. The summed E-state index contributed by atoms with van der Waals surface area (Å²) in [5.74, 6) is -0.178. The van der Waals surface area contributed by atoms with Crippen LogP contribution in [0.25, 0.3) is 0 Å². The molecule has 2 aromatic carbocycles. The molecule has 7 nitrogen and oxygen atoms in total. The molecule has 4 rings (SSSR count). The topological polar surface area (TPSA) is 93.2 Å². The van der Waals surface area contributed by atoms with Gasteiger partial charge in [0.25, 0.3) is 5.91 Å². The van der Waals surface area contributed by atoms with E-state index in [0.29, 0.717) is 11.7 Å². The Bertz CT molecular complexity index is 1160. The maximum absolute atomic E-state index is 13.8. The number of carbonyl (C=O) groups is 2. The van der Waals surface area contributed by atoms with E-state index < -0.39 is 23.3 Å². The molecule has 0 radical (unpaired) electrons. The fourth-order valence-electron chi connectivity index (χ4n) is 2.82. The van der Waals surface area contributed by atoms with Gasteiger partial charge in [0, 0.05) is 11.6 Å². The molecule has 1 aliphatic carbocycles. The lowest BCUT2D eigenvalue weighted by atomic mass is 10.2. The zero-order valence-corrected chi connectivity index (χ0v) is 18.4. The lowest BCUT2D eigenvalue weighted by Crippen LogP contribution is -2.35. The number of urea groups is 1. The summed E-state index contributed by atoms with van der Waals surface area (Å²) in [6.07, 6.45) is 5.23. The number of ether oxygens (including phenoxy) is 1. The van der Waals surface area contributed by atoms with Gasteiger partial charge in [-0.25, -0.2) is 19.2 Å². The lowest BCUT2D eigenvalue weighted by molar-refractivity contribution is 0.0963. The van der Waals surface area contributed by atoms with Crippen LogP contribution in [0.2, 0.25) is 15.1 Å². The van der Waals surface area contributed by atoms with Crippen LogP contribution in [-0.2, 0) is 0 Å². The third-order valence-electron chi connectivity index (χ3n) is 4.48. The van der Waals surface area contributed by atoms with Gasteiger partial charge in [0.05, 0.1) is 33.0 Å². The molecule has 1 heterocycles.